The standard InChI is InChI=1S/C13H20N2O3/c1-3-15-13(16)10-5-6-12(11(14)9-10)18-8-4-7-17-2/h5-6,9H,3-4,7-8,14H2,1-2H3,(H,15,16). The zero-order chi connectivity index (χ0) is 13.4. The highest BCUT2D eigenvalue weighted by Gasteiger charge is 2.07. The summed E-state index contributed by atoms with van der Waals surface area (Å²) in [7, 11) is 1.65. The molecule has 0 unspecified atom stereocenters. The molecule has 0 fully saturated rings. The fourth-order valence-corrected chi connectivity index (χ4v) is 1.47. The molecule has 1 aromatic rings. The minimum Gasteiger partial charge on any atom is -0.491 e. The molecule has 0 spiro atoms. The lowest BCUT2D eigenvalue weighted by molar-refractivity contribution is 0.0956. The first-order valence-electron chi connectivity index (χ1n) is 5.98. The second kappa shape index (κ2) is 7.55. The van der Waals surface area contributed by atoms with E-state index in [4.69, 9.17) is 15.2 Å². The van der Waals surface area contributed by atoms with Gasteiger partial charge in [0, 0.05) is 32.2 Å². The van der Waals surface area contributed by atoms with Crippen LogP contribution in [0, 0.1) is 0 Å². The quantitative estimate of drug-likeness (QED) is 0.569. The van der Waals surface area contributed by atoms with Gasteiger partial charge in [-0.3, -0.25) is 4.79 Å². The molecule has 1 amide bonds. The maximum absolute atomic E-state index is 11.6. The zero-order valence-corrected chi connectivity index (χ0v) is 10.9. The maximum atomic E-state index is 11.6. The molecule has 1 aromatic carbocycles. The first kappa shape index (κ1) is 14.3. The molecule has 3 N–H and O–H groups in total. The van der Waals surface area contributed by atoms with Gasteiger partial charge in [0.1, 0.15) is 5.75 Å². The lowest BCUT2D eigenvalue weighted by Gasteiger charge is -2.10. The van der Waals surface area contributed by atoms with E-state index in [0.717, 1.165) is 6.42 Å². The molecule has 0 radical (unpaired) electrons. The predicted octanol–water partition coefficient (Wildman–Crippen LogP) is 1.43. The number of carbonyl (C=O) groups is 1. The number of anilines is 1. The van der Waals surface area contributed by atoms with E-state index in [-0.39, 0.29) is 5.91 Å². The first-order valence-corrected chi connectivity index (χ1v) is 5.98. The second-order valence-corrected chi connectivity index (χ2v) is 3.81. The highest BCUT2D eigenvalue weighted by Crippen LogP contribution is 2.22. The van der Waals surface area contributed by atoms with Crippen molar-refractivity contribution in [2.45, 2.75) is 13.3 Å². The summed E-state index contributed by atoms with van der Waals surface area (Å²) in [6.07, 6.45) is 0.800. The fourth-order valence-electron chi connectivity index (χ4n) is 1.47. The summed E-state index contributed by atoms with van der Waals surface area (Å²) in [5.74, 6) is 0.467. The van der Waals surface area contributed by atoms with Gasteiger partial charge in [-0.15, -0.1) is 0 Å². The molecular weight excluding hydrogens is 232 g/mol. The van der Waals surface area contributed by atoms with Gasteiger partial charge in [0.25, 0.3) is 5.91 Å². The summed E-state index contributed by atoms with van der Waals surface area (Å²) in [5.41, 5.74) is 6.84. The highest BCUT2D eigenvalue weighted by atomic mass is 16.5. The maximum Gasteiger partial charge on any atom is 0.251 e. The molecule has 0 bridgehead atoms. The van der Waals surface area contributed by atoms with Crippen molar-refractivity contribution in [1.82, 2.24) is 5.32 Å². The lowest BCUT2D eigenvalue weighted by Crippen LogP contribution is -2.22. The van der Waals surface area contributed by atoms with E-state index in [1.165, 1.54) is 0 Å². The van der Waals surface area contributed by atoms with Gasteiger partial charge in [0.05, 0.1) is 12.3 Å². The SMILES string of the molecule is CCNC(=O)c1ccc(OCCCOC)c(N)c1. The molecule has 0 atom stereocenters. The average Bonchev–Trinajstić information content (AvgIpc) is 2.36. The van der Waals surface area contributed by atoms with Crippen molar-refractivity contribution in [3.05, 3.63) is 23.8 Å². The van der Waals surface area contributed by atoms with Crippen molar-refractivity contribution in [2.75, 3.05) is 32.6 Å². The van der Waals surface area contributed by atoms with E-state index in [2.05, 4.69) is 5.32 Å². The van der Waals surface area contributed by atoms with Crippen molar-refractivity contribution in [1.29, 1.82) is 0 Å². The van der Waals surface area contributed by atoms with Crippen molar-refractivity contribution < 1.29 is 14.3 Å². The Morgan fingerprint density at radius 3 is 2.78 bits per heavy atom. The molecular formula is C13H20N2O3. The molecule has 0 saturated carbocycles. The van der Waals surface area contributed by atoms with Crippen molar-refractivity contribution in [3.8, 4) is 5.75 Å². The topological polar surface area (TPSA) is 73.6 Å². The predicted molar refractivity (Wildman–Crippen MR) is 70.8 cm³/mol. The molecule has 0 aromatic heterocycles. The number of ether oxygens (including phenoxy) is 2. The monoisotopic (exact) mass is 252 g/mol. The van der Waals surface area contributed by atoms with E-state index < -0.39 is 0 Å². The fraction of sp³-hybridized carbons (Fsp3) is 0.462. The second-order valence-electron chi connectivity index (χ2n) is 3.81. The van der Waals surface area contributed by atoms with Crippen LogP contribution in [0.5, 0.6) is 5.75 Å². The molecule has 0 aliphatic carbocycles. The summed E-state index contributed by atoms with van der Waals surface area (Å²) >= 11 is 0. The molecule has 100 valence electrons. The van der Waals surface area contributed by atoms with Crippen LogP contribution in [-0.2, 0) is 4.74 Å². The number of carbonyl (C=O) groups excluding carboxylic acids is 1. The third-order valence-electron chi connectivity index (χ3n) is 2.36. The Hall–Kier alpha value is -1.75. The van der Waals surface area contributed by atoms with Gasteiger partial charge >= 0.3 is 0 Å². The van der Waals surface area contributed by atoms with Gasteiger partial charge in [-0.1, -0.05) is 0 Å². The van der Waals surface area contributed by atoms with Gasteiger partial charge in [0.2, 0.25) is 0 Å². The number of amides is 1. The van der Waals surface area contributed by atoms with Gasteiger partial charge in [-0.25, -0.2) is 0 Å². The van der Waals surface area contributed by atoms with E-state index in [9.17, 15) is 4.79 Å². The Labute approximate surface area is 107 Å². The number of hydrogen-bond donors (Lipinski definition) is 2. The average molecular weight is 252 g/mol. The van der Waals surface area contributed by atoms with E-state index in [1.807, 2.05) is 6.92 Å². The van der Waals surface area contributed by atoms with Crippen LogP contribution in [-0.4, -0.2) is 32.8 Å². The summed E-state index contributed by atoms with van der Waals surface area (Å²) in [6.45, 7) is 3.65. The van der Waals surface area contributed by atoms with Crippen LogP contribution in [0.15, 0.2) is 18.2 Å². The Bertz CT molecular complexity index is 394. The molecule has 0 heterocycles. The van der Waals surface area contributed by atoms with Crippen LogP contribution in [0.1, 0.15) is 23.7 Å². The summed E-state index contributed by atoms with van der Waals surface area (Å²) in [6, 6.07) is 5.04. The minimum absolute atomic E-state index is 0.130. The highest BCUT2D eigenvalue weighted by molar-refractivity contribution is 5.95. The van der Waals surface area contributed by atoms with Crippen LogP contribution < -0.4 is 15.8 Å². The molecule has 5 nitrogen and oxygen atoms in total. The smallest absolute Gasteiger partial charge is 0.251 e. The number of hydrogen-bond acceptors (Lipinski definition) is 4. The molecule has 0 aliphatic rings. The van der Waals surface area contributed by atoms with Gasteiger partial charge < -0.3 is 20.5 Å². The van der Waals surface area contributed by atoms with E-state index in [0.29, 0.717) is 36.8 Å². The molecule has 0 aliphatic heterocycles. The molecule has 1 rings (SSSR count). The number of methoxy groups -OCH3 is 1. The van der Waals surface area contributed by atoms with Crippen molar-refractivity contribution in [3.63, 3.8) is 0 Å². The number of nitrogens with two attached hydrogens (primary N) is 1. The Kier molecular flexibility index (Phi) is 6.00. The van der Waals surface area contributed by atoms with Crippen LogP contribution in [0.2, 0.25) is 0 Å². The number of nitrogen functional groups attached to an aromatic ring is 1. The van der Waals surface area contributed by atoms with Gasteiger partial charge in [-0.2, -0.15) is 0 Å². The third-order valence-corrected chi connectivity index (χ3v) is 2.36. The number of nitrogens with one attached hydrogen (secondary N) is 1. The first-order chi connectivity index (χ1) is 8.69. The van der Waals surface area contributed by atoms with Crippen molar-refractivity contribution >= 4 is 11.6 Å². The van der Waals surface area contributed by atoms with Gasteiger partial charge in [0.15, 0.2) is 0 Å². The minimum atomic E-state index is -0.130. The van der Waals surface area contributed by atoms with E-state index >= 15 is 0 Å². The normalized spacial score (nSPS) is 10.1. The molecule has 0 saturated heterocycles. The summed E-state index contributed by atoms with van der Waals surface area (Å²) in [5, 5.41) is 2.72. The van der Waals surface area contributed by atoms with Gasteiger partial charge in [-0.05, 0) is 25.1 Å². The van der Waals surface area contributed by atoms with Crippen LogP contribution in [0.4, 0.5) is 5.69 Å². The Morgan fingerprint density at radius 2 is 2.17 bits per heavy atom. The third kappa shape index (κ3) is 4.25. The van der Waals surface area contributed by atoms with E-state index in [1.54, 1.807) is 25.3 Å². The molecule has 18 heavy (non-hydrogen) atoms. The Morgan fingerprint density at radius 1 is 1.39 bits per heavy atom. The number of benzene rings is 1. The lowest BCUT2D eigenvalue weighted by atomic mass is 10.2. The summed E-state index contributed by atoms with van der Waals surface area (Å²) < 4.78 is 10.4. The summed E-state index contributed by atoms with van der Waals surface area (Å²) in [4.78, 5) is 11.6. The van der Waals surface area contributed by atoms with Crippen LogP contribution >= 0.6 is 0 Å². The largest absolute Gasteiger partial charge is 0.491 e. The zero-order valence-electron chi connectivity index (χ0n) is 10.9. The molecule has 5 heteroatoms. The Balaban J connectivity index is 2.59. The number of rotatable bonds is 7. The van der Waals surface area contributed by atoms with Crippen molar-refractivity contribution in [2.24, 2.45) is 0 Å². The van der Waals surface area contributed by atoms with Crippen LogP contribution in [0.25, 0.3) is 0 Å². The van der Waals surface area contributed by atoms with Crippen LogP contribution in [0.3, 0.4) is 0 Å².